The lowest BCUT2D eigenvalue weighted by atomic mass is 9.89. The van der Waals surface area contributed by atoms with Gasteiger partial charge in [0.2, 0.25) is 0 Å². The molecule has 2 amide bonds. The predicted octanol–water partition coefficient (Wildman–Crippen LogP) is 4.77. The number of nitro groups is 1. The molecule has 7 heteroatoms. The molecule has 1 aliphatic carbocycles. The Balaban J connectivity index is 1.69. The van der Waals surface area contributed by atoms with Gasteiger partial charge >= 0.3 is 0 Å². The number of para-hydroxylation sites is 1. The molecule has 0 radical (unpaired) electrons. The van der Waals surface area contributed by atoms with Crippen LogP contribution >= 0.6 is 11.8 Å². The van der Waals surface area contributed by atoms with E-state index in [1.54, 1.807) is 36.4 Å². The monoisotopic (exact) mass is 372 g/mol. The van der Waals surface area contributed by atoms with Gasteiger partial charge in [-0.1, -0.05) is 37.5 Å². The van der Waals surface area contributed by atoms with E-state index in [0.717, 1.165) is 37.4 Å². The summed E-state index contributed by atoms with van der Waals surface area (Å²) in [5.41, 5.74) is 0.456. The highest BCUT2D eigenvalue weighted by molar-refractivity contribution is 8.18. The Hall–Kier alpha value is -2.41. The molecule has 0 unspecified atom stereocenters. The van der Waals surface area contributed by atoms with Crippen LogP contribution < -0.4 is 0 Å². The van der Waals surface area contributed by atoms with Crippen LogP contribution in [-0.4, -0.2) is 27.5 Å². The summed E-state index contributed by atoms with van der Waals surface area (Å²) >= 11 is 0.929. The third-order valence-electron chi connectivity index (χ3n) is 4.70. The van der Waals surface area contributed by atoms with Crippen LogP contribution in [0.4, 0.5) is 10.5 Å². The van der Waals surface area contributed by atoms with Gasteiger partial charge in [0.25, 0.3) is 16.8 Å². The van der Waals surface area contributed by atoms with E-state index in [0.29, 0.717) is 22.9 Å². The minimum atomic E-state index is -0.447. The SMILES string of the molecule is O=C1S/C(=C/C=C/c2ccccc2[N+](=O)[O-])C(=O)N1CC1CCCCC1. The van der Waals surface area contributed by atoms with Gasteiger partial charge in [0.15, 0.2) is 0 Å². The van der Waals surface area contributed by atoms with Gasteiger partial charge in [-0.15, -0.1) is 0 Å². The molecule has 0 aromatic heterocycles. The van der Waals surface area contributed by atoms with E-state index in [1.165, 1.54) is 17.4 Å². The lowest BCUT2D eigenvalue weighted by Crippen LogP contribution is -2.34. The maximum Gasteiger partial charge on any atom is 0.293 e. The Morgan fingerprint density at radius 2 is 1.92 bits per heavy atom. The maximum absolute atomic E-state index is 12.5. The molecular weight excluding hydrogens is 352 g/mol. The number of thioether (sulfide) groups is 1. The Labute approximate surface area is 156 Å². The molecule has 1 aromatic rings. The lowest BCUT2D eigenvalue weighted by molar-refractivity contribution is -0.385. The van der Waals surface area contributed by atoms with Gasteiger partial charge in [0.05, 0.1) is 15.4 Å². The van der Waals surface area contributed by atoms with E-state index in [-0.39, 0.29) is 16.8 Å². The minimum absolute atomic E-state index is 0.00236. The highest BCUT2D eigenvalue weighted by Crippen LogP contribution is 2.33. The molecule has 0 spiro atoms. The first-order valence-electron chi connectivity index (χ1n) is 8.71. The van der Waals surface area contributed by atoms with Gasteiger partial charge in [-0.25, -0.2) is 0 Å². The average molecular weight is 372 g/mol. The molecule has 6 nitrogen and oxygen atoms in total. The zero-order valence-corrected chi connectivity index (χ0v) is 15.1. The summed E-state index contributed by atoms with van der Waals surface area (Å²) < 4.78 is 0. The van der Waals surface area contributed by atoms with Crippen LogP contribution in [-0.2, 0) is 4.79 Å². The standard InChI is InChI=1S/C19H20N2O4S/c22-18-17(12-6-10-15-9-4-5-11-16(15)21(24)25)26-19(23)20(18)13-14-7-2-1-3-8-14/h4-6,9-12,14H,1-3,7-8,13H2/b10-6+,17-12+. The first-order valence-corrected chi connectivity index (χ1v) is 9.53. The van der Waals surface area contributed by atoms with Gasteiger partial charge in [-0.2, -0.15) is 0 Å². The van der Waals surface area contributed by atoms with Gasteiger partial charge < -0.3 is 0 Å². The Morgan fingerprint density at radius 1 is 1.19 bits per heavy atom. The van der Waals surface area contributed by atoms with Crippen molar-refractivity contribution >= 4 is 34.7 Å². The number of hydrogen-bond acceptors (Lipinski definition) is 5. The molecule has 2 aliphatic rings. The molecule has 1 heterocycles. The average Bonchev–Trinajstić information content (AvgIpc) is 2.90. The van der Waals surface area contributed by atoms with Crippen molar-refractivity contribution in [3.05, 3.63) is 57.0 Å². The highest BCUT2D eigenvalue weighted by Gasteiger charge is 2.36. The Bertz CT molecular complexity index is 781. The number of allylic oxidation sites excluding steroid dienone is 2. The molecule has 136 valence electrons. The molecule has 2 fully saturated rings. The van der Waals surface area contributed by atoms with Crippen LogP contribution in [0.25, 0.3) is 6.08 Å². The topological polar surface area (TPSA) is 80.5 Å². The van der Waals surface area contributed by atoms with Crippen molar-refractivity contribution in [2.75, 3.05) is 6.54 Å². The number of carbonyl (C=O) groups is 2. The molecule has 1 aliphatic heterocycles. The summed E-state index contributed by atoms with van der Waals surface area (Å²) in [5, 5.41) is 10.8. The molecule has 0 atom stereocenters. The smallest absolute Gasteiger partial charge is 0.268 e. The van der Waals surface area contributed by atoms with Crippen LogP contribution in [0.2, 0.25) is 0 Å². The zero-order valence-electron chi connectivity index (χ0n) is 14.3. The highest BCUT2D eigenvalue weighted by atomic mass is 32.2. The number of rotatable bonds is 5. The normalized spacial score (nSPS) is 20.5. The molecule has 1 saturated carbocycles. The third kappa shape index (κ3) is 4.22. The van der Waals surface area contributed by atoms with E-state index < -0.39 is 4.92 Å². The van der Waals surface area contributed by atoms with Crippen LogP contribution in [0.15, 0.2) is 41.3 Å². The largest absolute Gasteiger partial charge is 0.293 e. The predicted molar refractivity (Wildman–Crippen MR) is 101 cm³/mol. The second-order valence-electron chi connectivity index (χ2n) is 6.49. The molecule has 26 heavy (non-hydrogen) atoms. The van der Waals surface area contributed by atoms with Gasteiger partial charge in [0, 0.05) is 12.6 Å². The second kappa shape index (κ2) is 8.31. The fraction of sp³-hybridized carbons (Fsp3) is 0.368. The van der Waals surface area contributed by atoms with Crippen molar-refractivity contribution < 1.29 is 14.5 Å². The quantitative estimate of drug-likeness (QED) is 0.422. The fourth-order valence-electron chi connectivity index (χ4n) is 3.33. The van der Waals surface area contributed by atoms with Crippen LogP contribution in [0.5, 0.6) is 0 Å². The van der Waals surface area contributed by atoms with E-state index >= 15 is 0 Å². The number of imide groups is 1. The summed E-state index contributed by atoms with van der Waals surface area (Å²) in [6.07, 6.45) is 10.4. The molecular formula is C19H20N2O4S. The first-order chi connectivity index (χ1) is 12.6. The minimum Gasteiger partial charge on any atom is -0.268 e. The van der Waals surface area contributed by atoms with E-state index in [2.05, 4.69) is 0 Å². The third-order valence-corrected chi connectivity index (χ3v) is 5.62. The summed E-state index contributed by atoms with van der Waals surface area (Å²) in [6.45, 7) is 0.496. The zero-order chi connectivity index (χ0) is 18.5. The molecule has 3 rings (SSSR count). The van der Waals surface area contributed by atoms with Crippen molar-refractivity contribution in [1.82, 2.24) is 4.90 Å². The van der Waals surface area contributed by atoms with Crippen molar-refractivity contribution in [1.29, 1.82) is 0 Å². The molecule has 0 bridgehead atoms. The number of amides is 2. The number of benzene rings is 1. The van der Waals surface area contributed by atoms with Crippen molar-refractivity contribution in [2.45, 2.75) is 32.1 Å². The van der Waals surface area contributed by atoms with Crippen LogP contribution in [0.3, 0.4) is 0 Å². The van der Waals surface area contributed by atoms with Crippen molar-refractivity contribution in [2.24, 2.45) is 5.92 Å². The lowest BCUT2D eigenvalue weighted by Gasteiger charge is -2.25. The summed E-state index contributed by atoms with van der Waals surface area (Å²) in [6, 6.07) is 6.38. The second-order valence-corrected chi connectivity index (χ2v) is 7.49. The molecule has 1 saturated heterocycles. The van der Waals surface area contributed by atoms with Gasteiger partial charge in [0.1, 0.15) is 0 Å². The molecule has 0 N–H and O–H groups in total. The molecule has 1 aromatic carbocycles. The number of nitrogens with zero attached hydrogens (tertiary/aromatic N) is 2. The first kappa shape index (κ1) is 18.4. The number of nitro benzene ring substituents is 1. The summed E-state index contributed by atoms with van der Waals surface area (Å²) in [5.74, 6) is 0.136. The maximum atomic E-state index is 12.5. The van der Waals surface area contributed by atoms with E-state index in [4.69, 9.17) is 0 Å². The van der Waals surface area contributed by atoms with Crippen LogP contribution in [0.1, 0.15) is 37.7 Å². The van der Waals surface area contributed by atoms with Gasteiger partial charge in [-0.05, 0) is 48.7 Å². The van der Waals surface area contributed by atoms with Crippen LogP contribution in [0, 0.1) is 16.0 Å². The fourth-order valence-corrected chi connectivity index (χ4v) is 4.13. The number of carbonyl (C=O) groups excluding carboxylic acids is 2. The van der Waals surface area contributed by atoms with Crippen molar-refractivity contribution in [3.8, 4) is 0 Å². The van der Waals surface area contributed by atoms with E-state index in [1.807, 2.05) is 0 Å². The summed E-state index contributed by atoms with van der Waals surface area (Å²) in [4.78, 5) is 36.9. The van der Waals surface area contributed by atoms with E-state index in [9.17, 15) is 19.7 Å². The Kier molecular flexibility index (Phi) is 5.88. The number of hydrogen-bond donors (Lipinski definition) is 0. The Morgan fingerprint density at radius 3 is 2.65 bits per heavy atom. The van der Waals surface area contributed by atoms with Gasteiger partial charge in [-0.3, -0.25) is 24.6 Å². The van der Waals surface area contributed by atoms with Crippen molar-refractivity contribution in [3.63, 3.8) is 0 Å². The summed E-state index contributed by atoms with van der Waals surface area (Å²) in [7, 11) is 0.